The lowest BCUT2D eigenvalue weighted by atomic mass is 9.94. The summed E-state index contributed by atoms with van der Waals surface area (Å²) in [6, 6.07) is 12.5. The minimum absolute atomic E-state index is 0.0274. The van der Waals surface area contributed by atoms with E-state index in [0.29, 0.717) is 0 Å². The molecule has 30 heavy (non-hydrogen) atoms. The van der Waals surface area contributed by atoms with Gasteiger partial charge >= 0.3 is 0 Å². The van der Waals surface area contributed by atoms with Gasteiger partial charge in [-0.15, -0.1) is 11.3 Å². The Morgan fingerprint density at radius 1 is 1.23 bits per heavy atom. The summed E-state index contributed by atoms with van der Waals surface area (Å²) in [6.45, 7) is 7.09. The summed E-state index contributed by atoms with van der Waals surface area (Å²) in [5.74, 6) is 1.72. The number of nitrogens with one attached hydrogen (secondary N) is 1. The molecule has 158 valence electrons. The number of aliphatic hydroxyl groups excluding tert-OH is 1. The number of rotatable bonds is 5. The first-order valence-electron chi connectivity index (χ1n) is 10.4. The summed E-state index contributed by atoms with van der Waals surface area (Å²) < 4.78 is 0. The van der Waals surface area contributed by atoms with Gasteiger partial charge in [-0.3, -0.25) is 4.79 Å². The van der Waals surface area contributed by atoms with E-state index in [1.165, 1.54) is 10.4 Å². The van der Waals surface area contributed by atoms with Crippen molar-refractivity contribution in [3.8, 4) is 10.4 Å². The zero-order chi connectivity index (χ0) is 21.3. The minimum atomic E-state index is -0.589. The van der Waals surface area contributed by atoms with Gasteiger partial charge in [0.15, 0.2) is 0 Å². The van der Waals surface area contributed by atoms with Crippen LogP contribution in [0, 0.1) is 12.8 Å². The first-order valence-corrected chi connectivity index (χ1v) is 11.2. The fraction of sp³-hybridized carbons (Fsp3) is 0.435. The highest BCUT2D eigenvalue weighted by Crippen LogP contribution is 2.37. The predicted octanol–water partition coefficient (Wildman–Crippen LogP) is 3.77. The molecule has 0 aliphatic carbocycles. The second-order valence-electron chi connectivity index (χ2n) is 8.58. The smallest absolute Gasteiger partial charge is 0.223 e. The van der Waals surface area contributed by atoms with Gasteiger partial charge in [-0.05, 0) is 45.2 Å². The molecule has 6 nitrogen and oxygen atoms in total. The maximum atomic E-state index is 12.6. The van der Waals surface area contributed by atoms with Crippen LogP contribution in [0.4, 0.5) is 5.82 Å². The number of fused-ring (bicyclic) bond motifs is 1. The third-order valence-electron chi connectivity index (χ3n) is 5.56. The lowest BCUT2D eigenvalue weighted by Gasteiger charge is -2.34. The molecule has 2 aromatic heterocycles. The zero-order valence-corrected chi connectivity index (χ0v) is 18.5. The highest BCUT2D eigenvalue weighted by atomic mass is 32.1. The second kappa shape index (κ2) is 8.32. The standard InChI is InChI=1S/C23H28N4O2S/c1-15-24-20(18-13-19(30-22(18)25-15)16-7-5-4-6-8-16)27-11-9-17(10-12-27)21(29)26-23(2,3)14-28/h4-8,13,17,28H,9-12,14H2,1-3H3,(H,26,29). The topological polar surface area (TPSA) is 78.4 Å². The molecule has 0 saturated carbocycles. The molecule has 3 aromatic rings. The Labute approximate surface area is 181 Å². The molecule has 7 heteroatoms. The van der Waals surface area contributed by atoms with Crippen LogP contribution in [0.3, 0.4) is 0 Å². The van der Waals surface area contributed by atoms with Gasteiger partial charge in [0.2, 0.25) is 5.91 Å². The van der Waals surface area contributed by atoms with Crippen LogP contribution < -0.4 is 10.2 Å². The van der Waals surface area contributed by atoms with Crippen molar-refractivity contribution in [1.29, 1.82) is 0 Å². The molecule has 4 rings (SSSR count). The number of aliphatic hydroxyl groups is 1. The number of hydrogen-bond donors (Lipinski definition) is 2. The van der Waals surface area contributed by atoms with Crippen LogP contribution >= 0.6 is 11.3 Å². The van der Waals surface area contributed by atoms with Crippen molar-refractivity contribution in [2.45, 2.75) is 39.2 Å². The molecule has 0 unspecified atom stereocenters. The van der Waals surface area contributed by atoms with E-state index in [9.17, 15) is 9.90 Å². The Balaban J connectivity index is 1.54. The summed E-state index contributed by atoms with van der Waals surface area (Å²) >= 11 is 1.69. The molecule has 0 radical (unpaired) electrons. The van der Waals surface area contributed by atoms with Crippen LogP contribution in [-0.2, 0) is 4.79 Å². The average molecular weight is 425 g/mol. The summed E-state index contributed by atoms with van der Waals surface area (Å²) in [5, 5.41) is 13.4. The van der Waals surface area contributed by atoms with E-state index >= 15 is 0 Å². The van der Waals surface area contributed by atoms with Crippen LogP contribution in [0.5, 0.6) is 0 Å². The SMILES string of the molecule is Cc1nc(N2CCC(C(=O)NC(C)(C)CO)CC2)c2cc(-c3ccccc3)sc2n1. The lowest BCUT2D eigenvalue weighted by molar-refractivity contribution is -0.127. The largest absolute Gasteiger partial charge is 0.394 e. The Morgan fingerprint density at radius 2 is 1.93 bits per heavy atom. The molecule has 1 aliphatic heterocycles. The molecular weight excluding hydrogens is 396 g/mol. The van der Waals surface area contributed by atoms with E-state index in [1.54, 1.807) is 11.3 Å². The maximum Gasteiger partial charge on any atom is 0.223 e. The number of carbonyl (C=O) groups excluding carboxylic acids is 1. The van der Waals surface area contributed by atoms with Gasteiger partial charge in [0.25, 0.3) is 0 Å². The Kier molecular flexibility index (Phi) is 5.75. The molecule has 3 heterocycles. The number of aryl methyl sites for hydroxylation is 1. The lowest BCUT2D eigenvalue weighted by Crippen LogP contribution is -2.50. The van der Waals surface area contributed by atoms with Gasteiger partial charge in [-0.25, -0.2) is 9.97 Å². The Morgan fingerprint density at radius 3 is 2.60 bits per heavy atom. The van der Waals surface area contributed by atoms with E-state index in [0.717, 1.165) is 47.8 Å². The van der Waals surface area contributed by atoms with E-state index in [1.807, 2.05) is 39.0 Å². The van der Waals surface area contributed by atoms with Crippen molar-refractivity contribution in [2.24, 2.45) is 5.92 Å². The van der Waals surface area contributed by atoms with Crippen molar-refractivity contribution in [3.63, 3.8) is 0 Å². The minimum Gasteiger partial charge on any atom is -0.394 e. The molecule has 0 bridgehead atoms. The molecule has 0 spiro atoms. The first-order chi connectivity index (χ1) is 14.4. The number of nitrogens with zero attached hydrogens (tertiary/aromatic N) is 3. The van der Waals surface area contributed by atoms with Crippen molar-refractivity contribution in [2.75, 3.05) is 24.6 Å². The van der Waals surface area contributed by atoms with Crippen LogP contribution in [-0.4, -0.2) is 46.2 Å². The second-order valence-corrected chi connectivity index (χ2v) is 9.61. The molecule has 1 fully saturated rings. The van der Waals surface area contributed by atoms with Crippen LogP contribution in [0.15, 0.2) is 36.4 Å². The quantitative estimate of drug-likeness (QED) is 0.652. The number of aromatic nitrogens is 2. The molecule has 1 saturated heterocycles. The number of thiophene rings is 1. The van der Waals surface area contributed by atoms with Crippen LogP contribution in [0.25, 0.3) is 20.7 Å². The third kappa shape index (κ3) is 4.32. The normalized spacial score (nSPS) is 15.5. The number of anilines is 1. The van der Waals surface area contributed by atoms with Crippen LogP contribution in [0.1, 0.15) is 32.5 Å². The predicted molar refractivity (Wildman–Crippen MR) is 122 cm³/mol. The Bertz CT molecular complexity index is 1040. The molecular formula is C23H28N4O2S. The van der Waals surface area contributed by atoms with E-state index in [2.05, 4.69) is 33.4 Å². The van der Waals surface area contributed by atoms with E-state index < -0.39 is 5.54 Å². The van der Waals surface area contributed by atoms with Crippen molar-refractivity contribution < 1.29 is 9.90 Å². The molecule has 1 amide bonds. The van der Waals surface area contributed by atoms with Crippen molar-refractivity contribution in [3.05, 3.63) is 42.2 Å². The number of hydrogen-bond acceptors (Lipinski definition) is 6. The van der Waals surface area contributed by atoms with Gasteiger partial charge in [0.1, 0.15) is 16.5 Å². The maximum absolute atomic E-state index is 12.6. The first kappa shape index (κ1) is 20.8. The van der Waals surface area contributed by atoms with Gasteiger partial charge < -0.3 is 15.3 Å². The zero-order valence-electron chi connectivity index (χ0n) is 17.7. The number of benzene rings is 1. The van der Waals surface area contributed by atoms with Crippen molar-refractivity contribution >= 4 is 33.3 Å². The van der Waals surface area contributed by atoms with Gasteiger partial charge in [0.05, 0.1) is 17.5 Å². The Hall–Kier alpha value is -2.51. The van der Waals surface area contributed by atoms with E-state index in [4.69, 9.17) is 4.98 Å². The number of amides is 1. The van der Waals surface area contributed by atoms with Gasteiger partial charge in [-0.2, -0.15) is 0 Å². The van der Waals surface area contributed by atoms with Crippen molar-refractivity contribution in [1.82, 2.24) is 15.3 Å². The summed E-state index contributed by atoms with van der Waals surface area (Å²) in [7, 11) is 0. The van der Waals surface area contributed by atoms with E-state index in [-0.39, 0.29) is 18.4 Å². The monoisotopic (exact) mass is 424 g/mol. The summed E-state index contributed by atoms with van der Waals surface area (Å²) in [5.41, 5.74) is 0.597. The molecule has 1 aromatic carbocycles. The van der Waals surface area contributed by atoms with Gasteiger partial charge in [-0.1, -0.05) is 30.3 Å². The number of piperidine rings is 1. The molecule has 2 N–H and O–H groups in total. The fourth-order valence-electron chi connectivity index (χ4n) is 3.82. The number of carbonyl (C=O) groups is 1. The summed E-state index contributed by atoms with van der Waals surface area (Å²) in [6.07, 6.45) is 1.54. The highest BCUT2D eigenvalue weighted by molar-refractivity contribution is 7.21. The third-order valence-corrected chi connectivity index (χ3v) is 6.64. The van der Waals surface area contributed by atoms with Gasteiger partial charge in [0, 0.05) is 23.9 Å². The summed E-state index contributed by atoms with van der Waals surface area (Å²) in [4.78, 5) is 26.5. The fourth-order valence-corrected chi connectivity index (χ4v) is 4.90. The highest BCUT2D eigenvalue weighted by Gasteiger charge is 2.30. The molecule has 1 aliphatic rings. The average Bonchev–Trinajstić information content (AvgIpc) is 3.17. The van der Waals surface area contributed by atoms with Crippen LogP contribution in [0.2, 0.25) is 0 Å². The molecule has 0 atom stereocenters.